The van der Waals surface area contributed by atoms with Crippen LogP contribution in [0.15, 0.2) is 18.2 Å². The number of carbonyl (C=O) groups excluding carboxylic acids is 2. The van der Waals surface area contributed by atoms with Gasteiger partial charge in [-0.3, -0.25) is 14.5 Å². The Balaban J connectivity index is 2.09. The zero-order valence-electron chi connectivity index (χ0n) is 13.4. The number of hydrogen-bond donors (Lipinski definition) is 0. The first-order valence-corrected chi connectivity index (χ1v) is 8.13. The van der Waals surface area contributed by atoms with Crippen LogP contribution in [0.5, 0.6) is 0 Å². The number of benzene rings is 1. The molecule has 2 rings (SSSR count). The predicted octanol–water partition coefficient (Wildman–Crippen LogP) is 3.38. The van der Waals surface area contributed by atoms with Gasteiger partial charge in [0.2, 0.25) is 0 Å². The van der Waals surface area contributed by atoms with E-state index in [2.05, 4.69) is 0 Å². The summed E-state index contributed by atoms with van der Waals surface area (Å²) in [7, 11) is 1.91. The van der Waals surface area contributed by atoms with Crippen molar-refractivity contribution in [2.24, 2.45) is 5.92 Å². The molecule has 1 fully saturated rings. The van der Waals surface area contributed by atoms with Gasteiger partial charge < -0.3 is 4.74 Å². The Hall–Kier alpha value is -1.46. The van der Waals surface area contributed by atoms with E-state index in [0.29, 0.717) is 30.0 Å². The van der Waals surface area contributed by atoms with Crippen molar-refractivity contribution in [2.45, 2.75) is 32.2 Å². The number of likely N-dealkylation sites (tertiary alicyclic amines) is 1. The van der Waals surface area contributed by atoms with Gasteiger partial charge in [-0.15, -0.1) is 0 Å². The van der Waals surface area contributed by atoms with Crippen LogP contribution in [0.2, 0.25) is 5.02 Å². The Kier molecular flexibility index (Phi) is 6.13. The Labute approximate surface area is 140 Å². The number of ketones is 1. The second-order valence-electron chi connectivity index (χ2n) is 5.83. The molecule has 1 aromatic carbocycles. The highest BCUT2D eigenvalue weighted by atomic mass is 35.5. The van der Waals surface area contributed by atoms with Gasteiger partial charge in [-0.1, -0.05) is 17.7 Å². The van der Waals surface area contributed by atoms with Crippen LogP contribution >= 0.6 is 11.6 Å². The molecular weight excluding hydrogens is 321 g/mol. The van der Waals surface area contributed by atoms with E-state index in [9.17, 15) is 14.0 Å². The second-order valence-corrected chi connectivity index (χ2v) is 6.27. The third kappa shape index (κ3) is 4.52. The maximum absolute atomic E-state index is 14.2. The minimum Gasteiger partial charge on any atom is -0.466 e. The lowest BCUT2D eigenvalue weighted by Crippen LogP contribution is -2.37. The summed E-state index contributed by atoms with van der Waals surface area (Å²) in [5, 5.41) is 0.347. The molecule has 0 amide bonds. The van der Waals surface area contributed by atoms with Crippen molar-refractivity contribution in [3.05, 3.63) is 34.6 Å². The zero-order chi connectivity index (χ0) is 17.0. The van der Waals surface area contributed by atoms with Crippen LogP contribution in [-0.4, -0.2) is 36.9 Å². The van der Waals surface area contributed by atoms with Gasteiger partial charge in [-0.05, 0) is 45.5 Å². The molecule has 0 N–H and O–H groups in total. The SMILES string of the molecule is CCOC(=O)CC(=O)[C@@H]1CCN(C)[C@H](c2ccc(Cl)cc2F)C1. The maximum Gasteiger partial charge on any atom is 0.313 e. The molecule has 1 aromatic rings. The highest BCUT2D eigenvalue weighted by Gasteiger charge is 2.33. The summed E-state index contributed by atoms with van der Waals surface area (Å²) in [6, 6.07) is 4.40. The first kappa shape index (κ1) is 17.9. The van der Waals surface area contributed by atoms with Gasteiger partial charge in [0.05, 0.1) is 6.61 Å². The normalized spacial score (nSPS) is 21.9. The van der Waals surface area contributed by atoms with Gasteiger partial charge >= 0.3 is 5.97 Å². The van der Waals surface area contributed by atoms with Crippen molar-refractivity contribution in [1.82, 2.24) is 4.90 Å². The molecule has 0 aromatic heterocycles. The van der Waals surface area contributed by atoms with Gasteiger partial charge in [0.1, 0.15) is 18.0 Å². The number of esters is 1. The Bertz CT molecular complexity index is 593. The largest absolute Gasteiger partial charge is 0.466 e. The van der Waals surface area contributed by atoms with Gasteiger partial charge in [0.15, 0.2) is 0 Å². The van der Waals surface area contributed by atoms with E-state index in [1.54, 1.807) is 19.1 Å². The molecule has 126 valence electrons. The van der Waals surface area contributed by atoms with Crippen molar-refractivity contribution in [2.75, 3.05) is 20.2 Å². The minimum absolute atomic E-state index is 0.129. The molecule has 23 heavy (non-hydrogen) atoms. The number of Topliss-reactive ketones (excluding diaryl/α,β-unsaturated/α-hetero) is 1. The van der Waals surface area contributed by atoms with Crippen molar-refractivity contribution in [1.29, 1.82) is 0 Å². The Morgan fingerprint density at radius 2 is 2.17 bits per heavy atom. The molecule has 4 nitrogen and oxygen atoms in total. The van der Waals surface area contributed by atoms with E-state index in [-0.39, 0.29) is 36.6 Å². The van der Waals surface area contributed by atoms with Crippen LogP contribution in [0.25, 0.3) is 0 Å². The van der Waals surface area contributed by atoms with Gasteiger partial charge in [0.25, 0.3) is 0 Å². The number of hydrogen-bond acceptors (Lipinski definition) is 4. The molecule has 0 saturated carbocycles. The summed E-state index contributed by atoms with van der Waals surface area (Å²) in [6.07, 6.45) is 0.950. The third-order valence-corrected chi connectivity index (χ3v) is 4.51. The number of ether oxygens (including phenoxy) is 1. The average molecular weight is 342 g/mol. The molecule has 1 aliphatic heterocycles. The van der Waals surface area contributed by atoms with Gasteiger partial charge in [-0.2, -0.15) is 0 Å². The molecule has 0 spiro atoms. The fourth-order valence-corrected chi connectivity index (χ4v) is 3.17. The van der Waals surface area contributed by atoms with E-state index >= 15 is 0 Å². The van der Waals surface area contributed by atoms with E-state index in [1.807, 2.05) is 11.9 Å². The highest BCUT2D eigenvalue weighted by molar-refractivity contribution is 6.30. The maximum atomic E-state index is 14.2. The quantitative estimate of drug-likeness (QED) is 0.608. The Morgan fingerprint density at radius 1 is 1.43 bits per heavy atom. The number of piperidine rings is 1. The van der Waals surface area contributed by atoms with Crippen molar-refractivity contribution < 1.29 is 18.7 Å². The Morgan fingerprint density at radius 3 is 2.83 bits per heavy atom. The smallest absolute Gasteiger partial charge is 0.313 e. The summed E-state index contributed by atoms with van der Waals surface area (Å²) in [5.41, 5.74) is 0.533. The van der Waals surface area contributed by atoms with Crippen molar-refractivity contribution in [3.8, 4) is 0 Å². The number of halogens is 2. The van der Waals surface area contributed by atoms with Crippen LogP contribution in [0.3, 0.4) is 0 Å². The first-order valence-electron chi connectivity index (χ1n) is 7.75. The molecule has 1 heterocycles. The van der Waals surface area contributed by atoms with E-state index in [1.165, 1.54) is 6.07 Å². The molecular formula is C17H21ClFNO3. The summed E-state index contributed by atoms with van der Waals surface area (Å²) in [5.74, 6) is -1.25. The molecule has 2 atom stereocenters. The third-order valence-electron chi connectivity index (χ3n) is 4.27. The highest BCUT2D eigenvalue weighted by Crippen LogP contribution is 2.35. The standard InChI is InChI=1S/C17H21ClFNO3/c1-3-23-17(22)10-16(21)11-6-7-20(2)15(8-11)13-5-4-12(18)9-14(13)19/h4-5,9,11,15H,3,6-8,10H2,1-2H3/t11-,15+/m1/s1. The van der Waals surface area contributed by atoms with Crippen LogP contribution in [-0.2, 0) is 14.3 Å². The molecule has 0 bridgehead atoms. The van der Waals surface area contributed by atoms with E-state index in [0.717, 1.165) is 0 Å². The van der Waals surface area contributed by atoms with Crippen molar-refractivity contribution >= 4 is 23.4 Å². The predicted molar refractivity (Wildman–Crippen MR) is 85.8 cm³/mol. The van der Waals surface area contributed by atoms with Gasteiger partial charge in [-0.25, -0.2) is 4.39 Å². The molecule has 0 aliphatic carbocycles. The second kappa shape index (κ2) is 7.88. The fraction of sp³-hybridized carbons (Fsp3) is 0.529. The molecule has 1 aliphatic rings. The molecule has 0 radical (unpaired) electrons. The summed E-state index contributed by atoms with van der Waals surface area (Å²) in [4.78, 5) is 25.8. The molecule has 6 heteroatoms. The van der Waals surface area contributed by atoms with Crippen LogP contribution in [0, 0.1) is 11.7 Å². The monoisotopic (exact) mass is 341 g/mol. The lowest BCUT2D eigenvalue weighted by molar-refractivity contribution is -0.146. The number of nitrogens with zero attached hydrogens (tertiary/aromatic N) is 1. The lowest BCUT2D eigenvalue weighted by Gasteiger charge is -2.37. The first-order chi connectivity index (χ1) is 10.9. The van der Waals surface area contributed by atoms with Crippen LogP contribution < -0.4 is 0 Å². The van der Waals surface area contributed by atoms with Crippen molar-refractivity contribution in [3.63, 3.8) is 0 Å². The summed E-state index contributed by atoms with van der Waals surface area (Å²) in [6.45, 7) is 2.64. The topological polar surface area (TPSA) is 46.6 Å². The summed E-state index contributed by atoms with van der Waals surface area (Å²) >= 11 is 5.80. The van der Waals surface area contributed by atoms with Crippen LogP contribution in [0.4, 0.5) is 4.39 Å². The molecule has 1 saturated heterocycles. The molecule has 0 unspecified atom stereocenters. The zero-order valence-corrected chi connectivity index (χ0v) is 14.1. The number of rotatable bonds is 5. The average Bonchev–Trinajstić information content (AvgIpc) is 2.48. The van der Waals surface area contributed by atoms with E-state index in [4.69, 9.17) is 16.3 Å². The van der Waals surface area contributed by atoms with Gasteiger partial charge in [0, 0.05) is 22.5 Å². The van der Waals surface area contributed by atoms with Crippen LogP contribution in [0.1, 0.15) is 37.8 Å². The summed E-state index contributed by atoms with van der Waals surface area (Å²) < 4.78 is 19.0. The van der Waals surface area contributed by atoms with E-state index < -0.39 is 5.97 Å². The minimum atomic E-state index is -0.495. The number of carbonyl (C=O) groups is 2. The lowest BCUT2D eigenvalue weighted by atomic mass is 9.84. The fourth-order valence-electron chi connectivity index (χ4n) is 3.01.